The number of hydrogen-bond acceptors (Lipinski definition) is 1. The minimum Gasteiger partial charge on any atom is -0.310 e. The summed E-state index contributed by atoms with van der Waals surface area (Å²) in [6.07, 6.45) is 0. The molecule has 0 spiro atoms. The molecule has 0 N–H and O–H groups in total. The zero-order chi connectivity index (χ0) is 25.1. The predicted octanol–water partition coefficient (Wildman–Crippen LogP) is 9.90. The number of nitrogens with zero attached hydrogens (tertiary/aromatic N) is 2. The van der Waals surface area contributed by atoms with Crippen molar-refractivity contribution in [2.45, 2.75) is 0 Å². The Hall–Kier alpha value is -5.08. The van der Waals surface area contributed by atoms with Gasteiger partial charge in [-0.25, -0.2) is 0 Å². The van der Waals surface area contributed by atoms with E-state index in [1.54, 1.807) is 0 Å². The van der Waals surface area contributed by atoms with E-state index in [2.05, 4.69) is 155 Å². The molecule has 1 aromatic heterocycles. The molecule has 178 valence electrons. The zero-order valence-corrected chi connectivity index (χ0v) is 20.8. The van der Waals surface area contributed by atoms with Crippen molar-refractivity contribution in [3.63, 3.8) is 0 Å². The number of anilines is 3. The fraction of sp³-hybridized carbons (Fsp3) is 0. The summed E-state index contributed by atoms with van der Waals surface area (Å²) in [6, 6.07) is 52.4. The molecule has 0 radical (unpaired) electrons. The number of fused-ring (bicyclic) bond motifs is 8. The van der Waals surface area contributed by atoms with E-state index in [9.17, 15) is 0 Å². The molecular formula is C36H24N2. The summed E-state index contributed by atoms with van der Waals surface area (Å²) in [5, 5.41) is 2.53. The SMILES string of the molecule is c1ccc(N(c2ccccc2)c2ccc3c(c2)c2cccc4c2n3-c2ccccc2-c2ccccc2-4)cc1. The Morgan fingerprint density at radius 2 is 0.974 bits per heavy atom. The molecule has 6 aromatic carbocycles. The molecule has 0 aliphatic carbocycles. The highest BCUT2D eigenvalue weighted by molar-refractivity contribution is 6.17. The molecule has 1 aliphatic rings. The molecule has 2 nitrogen and oxygen atoms in total. The van der Waals surface area contributed by atoms with Crippen LogP contribution in [0.1, 0.15) is 0 Å². The van der Waals surface area contributed by atoms with Crippen LogP contribution in [0.25, 0.3) is 49.7 Å². The topological polar surface area (TPSA) is 8.17 Å². The van der Waals surface area contributed by atoms with Crippen molar-refractivity contribution in [3.05, 3.63) is 146 Å². The highest BCUT2D eigenvalue weighted by Gasteiger charge is 2.24. The Morgan fingerprint density at radius 3 is 1.68 bits per heavy atom. The number of benzene rings is 6. The van der Waals surface area contributed by atoms with E-state index in [0.29, 0.717) is 0 Å². The lowest BCUT2D eigenvalue weighted by atomic mass is 9.94. The van der Waals surface area contributed by atoms with Crippen LogP contribution in [-0.4, -0.2) is 4.57 Å². The van der Waals surface area contributed by atoms with Crippen LogP contribution < -0.4 is 4.90 Å². The van der Waals surface area contributed by atoms with Gasteiger partial charge in [0.25, 0.3) is 0 Å². The minimum absolute atomic E-state index is 1.14. The Balaban J connectivity index is 1.46. The molecule has 0 unspecified atom stereocenters. The van der Waals surface area contributed by atoms with Gasteiger partial charge in [-0.2, -0.15) is 0 Å². The second-order valence-corrected chi connectivity index (χ2v) is 9.81. The quantitative estimate of drug-likeness (QED) is 0.242. The third kappa shape index (κ3) is 3.01. The van der Waals surface area contributed by atoms with Gasteiger partial charge in [0, 0.05) is 39.0 Å². The van der Waals surface area contributed by atoms with E-state index < -0.39 is 0 Å². The molecular weight excluding hydrogens is 460 g/mol. The summed E-state index contributed by atoms with van der Waals surface area (Å²) in [4.78, 5) is 2.33. The molecule has 7 aromatic rings. The van der Waals surface area contributed by atoms with E-state index in [1.807, 2.05) is 0 Å². The molecule has 0 amide bonds. The van der Waals surface area contributed by atoms with Crippen molar-refractivity contribution in [1.82, 2.24) is 4.57 Å². The molecule has 0 fully saturated rings. The second kappa shape index (κ2) is 8.22. The van der Waals surface area contributed by atoms with Crippen LogP contribution in [0, 0.1) is 0 Å². The minimum atomic E-state index is 1.14. The normalized spacial score (nSPS) is 11.7. The number of rotatable bonds is 3. The van der Waals surface area contributed by atoms with Crippen molar-refractivity contribution in [2.24, 2.45) is 0 Å². The Kier molecular flexibility index (Phi) is 4.55. The second-order valence-electron chi connectivity index (χ2n) is 9.81. The van der Waals surface area contributed by atoms with Gasteiger partial charge in [0.15, 0.2) is 0 Å². The van der Waals surface area contributed by atoms with E-state index in [0.717, 1.165) is 17.1 Å². The van der Waals surface area contributed by atoms with Crippen LogP contribution in [0.2, 0.25) is 0 Å². The average molecular weight is 485 g/mol. The first-order valence-corrected chi connectivity index (χ1v) is 13.0. The summed E-state index contributed by atoms with van der Waals surface area (Å²) in [7, 11) is 0. The van der Waals surface area contributed by atoms with Crippen LogP contribution in [0.3, 0.4) is 0 Å². The van der Waals surface area contributed by atoms with Gasteiger partial charge in [-0.05, 0) is 59.7 Å². The van der Waals surface area contributed by atoms with Crippen LogP contribution in [0.4, 0.5) is 17.1 Å². The molecule has 2 heterocycles. The van der Waals surface area contributed by atoms with Gasteiger partial charge in [0.2, 0.25) is 0 Å². The molecule has 1 aliphatic heterocycles. The van der Waals surface area contributed by atoms with Gasteiger partial charge in [0.05, 0.1) is 16.7 Å². The third-order valence-corrected chi connectivity index (χ3v) is 7.71. The lowest BCUT2D eigenvalue weighted by Gasteiger charge is -2.25. The van der Waals surface area contributed by atoms with Crippen molar-refractivity contribution in [3.8, 4) is 27.9 Å². The van der Waals surface area contributed by atoms with Crippen molar-refractivity contribution in [1.29, 1.82) is 0 Å². The lowest BCUT2D eigenvalue weighted by molar-refractivity contribution is 1.19. The Labute approximate surface area is 221 Å². The maximum absolute atomic E-state index is 2.47. The number of hydrogen-bond donors (Lipinski definition) is 0. The molecule has 0 atom stereocenters. The Morgan fingerprint density at radius 1 is 0.395 bits per heavy atom. The highest BCUT2D eigenvalue weighted by atomic mass is 15.1. The average Bonchev–Trinajstić information content (AvgIpc) is 3.26. The summed E-state index contributed by atoms with van der Waals surface area (Å²) in [5.74, 6) is 0. The van der Waals surface area contributed by atoms with Gasteiger partial charge in [0.1, 0.15) is 0 Å². The fourth-order valence-electron chi connectivity index (χ4n) is 6.11. The maximum Gasteiger partial charge on any atom is 0.0619 e. The molecule has 38 heavy (non-hydrogen) atoms. The summed E-state index contributed by atoms with van der Waals surface area (Å²) in [5.41, 5.74) is 12.2. The van der Waals surface area contributed by atoms with E-state index in [4.69, 9.17) is 0 Å². The third-order valence-electron chi connectivity index (χ3n) is 7.71. The monoisotopic (exact) mass is 484 g/mol. The molecule has 0 saturated heterocycles. The largest absolute Gasteiger partial charge is 0.310 e. The van der Waals surface area contributed by atoms with Gasteiger partial charge in [-0.3, -0.25) is 0 Å². The molecule has 2 heteroatoms. The van der Waals surface area contributed by atoms with E-state index in [-0.39, 0.29) is 0 Å². The summed E-state index contributed by atoms with van der Waals surface area (Å²) < 4.78 is 2.47. The van der Waals surface area contributed by atoms with Gasteiger partial charge < -0.3 is 9.47 Å². The van der Waals surface area contributed by atoms with Crippen LogP contribution in [0.15, 0.2) is 146 Å². The van der Waals surface area contributed by atoms with E-state index >= 15 is 0 Å². The summed E-state index contributed by atoms with van der Waals surface area (Å²) >= 11 is 0. The highest BCUT2D eigenvalue weighted by Crippen LogP contribution is 2.47. The van der Waals surface area contributed by atoms with Crippen molar-refractivity contribution in [2.75, 3.05) is 4.90 Å². The van der Waals surface area contributed by atoms with Gasteiger partial charge >= 0.3 is 0 Å². The van der Waals surface area contributed by atoms with Crippen LogP contribution in [-0.2, 0) is 0 Å². The molecule has 0 bridgehead atoms. The number of aromatic nitrogens is 1. The lowest BCUT2D eigenvalue weighted by Crippen LogP contribution is -2.09. The van der Waals surface area contributed by atoms with Crippen molar-refractivity contribution >= 4 is 38.9 Å². The van der Waals surface area contributed by atoms with Crippen LogP contribution >= 0.6 is 0 Å². The van der Waals surface area contributed by atoms with E-state index in [1.165, 1.54) is 49.7 Å². The summed E-state index contributed by atoms with van der Waals surface area (Å²) in [6.45, 7) is 0. The standard InChI is InChI=1S/C36H24N2/c1-3-12-25(13-4-1)37(26-14-5-2-6-15-26)27-22-23-35-33(24-27)32-20-11-19-31-29-17-8-7-16-28(29)30-18-9-10-21-34(30)38(35)36(31)32/h1-24H. The maximum atomic E-state index is 2.47. The van der Waals surface area contributed by atoms with Crippen molar-refractivity contribution < 1.29 is 0 Å². The predicted molar refractivity (Wildman–Crippen MR) is 160 cm³/mol. The van der Waals surface area contributed by atoms with Crippen LogP contribution in [0.5, 0.6) is 0 Å². The van der Waals surface area contributed by atoms with Gasteiger partial charge in [-0.15, -0.1) is 0 Å². The first-order chi connectivity index (χ1) is 18.9. The smallest absolute Gasteiger partial charge is 0.0619 e. The first kappa shape index (κ1) is 21.0. The first-order valence-electron chi connectivity index (χ1n) is 13.0. The zero-order valence-electron chi connectivity index (χ0n) is 20.8. The Bertz CT molecular complexity index is 1930. The number of para-hydroxylation sites is 4. The molecule has 0 saturated carbocycles. The molecule has 8 rings (SSSR count). The fourth-order valence-corrected chi connectivity index (χ4v) is 6.11. The van der Waals surface area contributed by atoms with Gasteiger partial charge in [-0.1, -0.05) is 97.1 Å².